The molecule has 0 N–H and O–H groups in total. The van der Waals surface area contributed by atoms with E-state index in [4.69, 9.17) is 10.3 Å². The maximum atomic E-state index is 8.24. The van der Waals surface area contributed by atoms with Gasteiger partial charge in [-0.05, 0) is 5.53 Å². The van der Waals surface area contributed by atoms with Crippen LogP contribution >= 0.6 is 0 Å². The highest BCUT2D eigenvalue weighted by molar-refractivity contribution is 4.93. The van der Waals surface area contributed by atoms with Crippen molar-refractivity contribution in [2.45, 2.75) is 12.1 Å². The van der Waals surface area contributed by atoms with Gasteiger partial charge in [-0.2, -0.15) is 0 Å². The highest BCUT2D eigenvalue weighted by Gasteiger charge is 2.33. The summed E-state index contributed by atoms with van der Waals surface area (Å²) in [5, 5.41) is 3.55. The van der Waals surface area contributed by atoms with E-state index in [0.29, 0.717) is 6.54 Å². The van der Waals surface area contributed by atoms with E-state index in [9.17, 15) is 0 Å². The molecule has 0 saturated carbocycles. The molecule has 1 fully saturated rings. The summed E-state index contributed by atoms with van der Waals surface area (Å²) in [5.74, 6) is 0. The van der Waals surface area contributed by atoms with E-state index in [2.05, 4.69) is 24.5 Å². The predicted molar refractivity (Wildman–Crippen MR) is 62.5 cm³/mol. The SMILES string of the molecule is CO[C@H]1CN(CCN=[N+]=[N-])C[C@@H]1n1ccnc1. The van der Waals surface area contributed by atoms with Gasteiger partial charge < -0.3 is 9.30 Å². The fourth-order valence-electron chi connectivity index (χ4n) is 2.23. The van der Waals surface area contributed by atoms with Gasteiger partial charge in [0.05, 0.1) is 18.5 Å². The summed E-state index contributed by atoms with van der Waals surface area (Å²) in [5.41, 5.74) is 8.24. The number of imidazole rings is 1. The van der Waals surface area contributed by atoms with Crippen LogP contribution in [0.4, 0.5) is 0 Å². The number of nitrogens with zero attached hydrogens (tertiary/aromatic N) is 6. The number of rotatable bonds is 5. The Hall–Kier alpha value is -1.56. The van der Waals surface area contributed by atoms with Crippen LogP contribution in [0, 0.1) is 0 Å². The van der Waals surface area contributed by atoms with E-state index in [0.717, 1.165) is 19.6 Å². The van der Waals surface area contributed by atoms with Crippen LogP contribution in [0.25, 0.3) is 10.4 Å². The van der Waals surface area contributed by atoms with Crippen molar-refractivity contribution >= 4 is 0 Å². The maximum Gasteiger partial charge on any atom is 0.0949 e. The quantitative estimate of drug-likeness (QED) is 0.435. The minimum atomic E-state index is 0.162. The van der Waals surface area contributed by atoms with Gasteiger partial charge in [0.1, 0.15) is 0 Å². The molecule has 2 rings (SSSR count). The Kier molecular flexibility index (Phi) is 3.98. The van der Waals surface area contributed by atoms with Crippen LogP contribution in [0.2, 0.25) is 0 Å². The molecule has 0 spiro atoms. The molecule has 7 nitrogen and oxygen atoms in total. The zero-order valence-electron chi connectivity index (χ0n) is 9.81. The summed E-state index contributed by atoms with van der Waals surface area (Å²) in [6.07, 6.45) is 5.70. The molecule has 0 amide bonds. The van der Waals surface area contributed by atoms with Crippen molar-refractivity contribution in [2.24, 2.45) is 5.11 Å². The highest BCUT2D eigenvalue weighted by Crippen LogP contribution is 2.23. The number of ether oxygens (including phenoxy) is 1. The molecule has 1 aliphatic heterocycles. The number of azide groups is 1. The van der Waals surface area contributed by atoms with Crippen molar-refractivity contribution in [1.82, 2.24) is 14.5 Å². The lowest BCUT2D eigenvalue weighted by Gasteiger charge is -2.17. The molecule has 0 bridgehead atoms. The minimum absolute atomic E-state index is 0.162. The number of aromatic nitrogens is 2. The molecule has 0 unspecified atom stereocenters. The van der Waals surface area contributed by atoms with Crippen LogP contribution in [0.3, 0.4) is 0 Å². The van der Waals surface area contributed by atoms with Gasteiger partial charge in [-0.1, -0.05) is 5.11 Å². The standard InChI is InChI=1S/C10H16N6O/c1-17-10-7-15(4-3-13-14-11)6-9(10)16-5-2-12-8-16/h2,5,8-10H,3-4,6-7H2,1H3/t9-,10-/m0/s1. The largest absolute Gasteiger partial charge is 0.378 e. The fourth-order valence-corrected chi connectivity index (χ4v) is 2.23. The van der Waals surface area contributed by atoms with Crippen molar-refractivity contribution in [3.05, 3.63) is 29.2 Å². The Balaban J connectivity index is 1.96. The second kappa shape index (κ2) is 5.67. The summed E-state index contributed by atoms with van der Waals surface area (Å²) >= 11 is 0. The Morgan fingerprint density at radius 2 is 2.47 bits per heavy atom. The van der Waals surface area contributed by atoms with Crippen LogP contribution in [0.5, 0.6) is 0 Å². The van der Waals surface area contributed by atoms with Crippen LogP contribution in [0.1, 0.15) is 6.04 Å². The molecule has 92 valence electrons. The van der Waals surface area contributed by atoms with Crippen LogP contribution in [0.15, 0.2) is 23.8 Å². The molecule has 1 saturated heterocycles. The van der Waals surface area contributed by atoms with Crippen LogP contribution in [-0.2, 0) is 4.74 Å². The van der Waals surface area contributed by atoms with Gasteiger partial charge >= 0.3 is 0 Å². The van der Waals surface area contributed by atoms with Gasteiger partial charge in [0.2, 0.25) is 0 Å². The molecule has 2 heterocycles. The monoisotopic (exact) mass is 236 g/mol. The van der Waals surface area contributed by atoms with E-state index < -0.39 is 0 Å². The van der Waals surface area contributed by atoms with Gasteiger partial charge in [0.15, 0.2) is 0 Å². The summed E-state index contributed by atoms with van der Waals surface area (Å²) in [6.45, 7) is 3.04. The lowest BCUT2D eigenvalue weighted by atomic mass is 10.2. The van der Waals surface area contributed by atoms with E-state index in [1.165, 1.54) is 0 Å². The third-order valence-electron chi connectivity index (χ3n) is 3.10. The average Bonchev–Trinajstić information content (AvgIpc) is 2.97. The Morgan fingerprint density at radius 1 is 1.59 bits per heavy atom. The first-order valence-corrected chi connectivity index (χ1v) is 5.58. The third-order valence-corrected chi connectivity index (χ3v) is 3.10. The molecule has 0 radical (unpaired) electrons. The molecule has 2 atom stereocenters. The lowest BCUT2D eigenvalue weighted by molar-refractivity contribution is 0.0817. The molecule has 1 aromatic heterocycles. The number of likely N-dealkylation sites (tertiary alicyclic amines) is 1. The molecule has 1 aromatic rings. The van der Waals surface area contributed by atoms with Crippen LogP contribution in [-0.4, -0.2) is 53.8 Å². The first kappa shape index (κ1) is 11.9. The van der Waals surface area contributed by atoms with Gasteiger partial charge in [-0.3, -0.25) is 4.90 Å². The van der Waals surface area contributed by atoms with Crippen LogP contribution < -0.4 is 0 Å². The molecule has 0 aliphatic carbocycles. The van der Waals surface area contributed by atoms with E-state index >= 15 is 0 Å². The first-order chi connectivity index (χ1) is 8.35. The normalized spacial score (nSPS) is 24.8. The van der Waals surface area contributed by atoms with E-state index in [1.807, 2.05) is 12.5 Å². The van der Waals surface area contributed by atoms with Gasteiger partial charge in [-0.15, -0.1) is 0 Å². The Labute approximate surface area is 99.6 Å². The second-order valence-electron chi connectivity index (χ2n) is 4.07. The van der Waals surface area contributed by atoms with Gasteiger partial charge in [0, 0.05) is 50.6 Å². The number of hydrogen-bond acceptors (Lipinski definition) is 4. The smallest absolute Gasteiger partial charge is 0.0949 e. The van der Waals surface area contributed by atoms with Crippen molar-refractivity contribution in [3.63, 3.8) is 0 Å². The van der Waals surface area contributed by atoms with Crippen molar-refractivity contribution < 1.29 is 4.74 Å². The summed E-state index contributed by atoms with van der Waals surface area (Å²) in [4.78, 5) is 9.06. The molecule has 17 heavy (non-hydrogen) atoms. The van der Waals surface area contributed by atoms with Gasteiger partial charge in [-0.25, -0.2) is 4.98 Å². The molecule has 0 aromatic carbocycles. The number of hydrogen-bond donors (Lipinski definition) is 0. The molecular formula is C10H16N6O. The average molecular weight is 236 g/mol. The Morgan fingerprint density at radius 3 is 3.12 bits per heavy atom. The van der Waals surface area contributed by atoms with Crippen molar-refractivity contribution in [3.8, 4) is 0 Å². The summed E-state index contributed by atoms with van der Waals surface area (Å²) in [7, 11) is 1.73. The fraction of sp³-hybridized carbons (Fsp3) is 0.700. The maximum absolute atomic E-state index is 8.24. The first-order valence-electron chi connectivity index (χ1n) is 5.58. The molecule has 7 heteroatoms. The van der Waals surface area contributed by atoms with Crippen molar-refractivity contribution in [1.29, 1.82) is 0 Å². The summed E-state index contributed by atoms with van der Waals surface area (Å²) < 4.78 is 7.56. The highest BCUT2D eigenvalue weighted by atomic mass is 16.5. The lowest BCUT2D eigenvalue weighted by Crippen LogP contribution is -2.25. The summed E-state index contributed by atoms with van der Waals surface area (Å²) in [6, 6.07) is 0.286. The van der Waals surface area contributed by atoms with E-state index in [1.54, 1.807) is 13.3 Å². The van der Waals surface area contributed by atoms with Gasteiger partial charge in [0.25, 0.3) is 0 Å². The third kappa shape index (κ3) is 2.76. The van der Waals surface area contributed by atoms with E-state index in [-0.39, 0.29) is 12.1 Å². The predicted octanol–water partition coefficient (Wildman–Crippen LogP) is 1.07. The topological polar surface area (TPSA) is 79.0 Å². The van der Waals surface area contributed by atoms with Crippen molar-refractivity contribution in [2.75, 3.05) is 33.3 Å². The molecule has 1 aliphatic rings. The molecular weight excluding hydrogens is 220 g/mol. The minimum Gasteiger partial charge on any atom is -0.378 e. The zero-order chi connectivity index (χ0) is 12.1. The zero-order valence-corrected chi connectivity index (χ0v) is 9.81. The second-order valence-corrected chi connectivity index (χ2v) is 4.07. The number of methoxy groups -OCH3 is 1. The Bertz CT molecular complexity index is 386.